The molecule has 0 unspecified atom stereocenters. The van der Waals surface area contributed by atoms with E-state index < -0.39 is 11.4 Å². The highest BCUT2D eigenvalue weighted by atomic mass is 19.1. The van der Waals surface area contributed by atoms with E-state index in [0.29, 0.717) is 43.5 Å². The number of β-amino-alcohol motifs (C(OH)–C–C–N with tert-alkyl or cyclic N) is 1. The number of likely N-dealkylation sites (tertiary alicyclic amines) is 1. The van der Waals surface area contributed by atoms with Crippen LogP contribution in [0.3, 0.4) is 0 Å². The molecule has 1 amide bonds. The molecule has 0 spiro atoms. The van der Waals surface area contributed by atoms with Gasteiger partial charge in [0.15, 0.2) is 0 Å². The summed E-state index contributed by atoms with van der Waals surface area (Å²) in [5, 5.41) is 9.79. The molecule has 8 nitrogen and oxygen atoms in total. The lowest BCUT2D eigenvalue weighted by Gasteiger charge is -2.44. The Morgan fingerprint density at radius 3 is 2.59 bits per heavy atom. The molecule has 2 aromatic rings. The van der Waals surface area contributed by atoms with Gasteiger partial charge in [-0.1, -0.05) is 6.07 Å². The molecule has 0 radical (unpaired) electrons. The summed E-state index contributed by atoms with van der Waals surface area (Å²) < 4.78 is 25.5. The van der Waals surface area contributed by atoms with E-state index in [1.165, 1.54) is 12.5 Å². The number of anilines is 1. The SMILES string of the molecule is COCc1cnc(N2CCC([C@H]3C[C@H]3CCOc3ccc(CC(=O)N4CC(C)(O)C4)c(F)c3)CC2)nc1. The molecule has 1 aromatic carbocycles. The molecule has 1 N–H and O–H groups in total. The molecule has 1 saturated carbocycles. The molecule has 3 fully saturated rings. The topological polar surface area (TPSA) is 88.0 Å². The van der Waals surface area contributed by atoms with Crippen molar-refractivity contribution < 1.29 is 23.8 Å². The summed E-state index contributed by atoms with van der Waals surface area (Å²) in [7, 11) is 1.67. The second-order valence-electron chi connectivity index (χ2n) is 11.1. The van der Waals surface area contributed by atoms with E-state index in [1.54, 1.807) is 31.1 Å². The number of benzene rings is 1. The molecule has 2 aliphatic heterocycles. The molecule has 200 valence electrons. The van der Waals surface area contributed by atoms with Crippen molar-refractivity contribution >= 4 is 11.9 Å². The first-order valence-electron chi connectivity index (χ1n) is 13.3. The zero-order valence-corrected chi connectivity index (χ0v) is 21.7. The number of rotatable bonds is 10. The Morgan fingerprint density at radius 1 is 1.22 bits per heavy atom. The summed E-state index contributed by atoms with van der Waals surface area (Å²) in [6.45, 7) is 5.36. The van der Waals surface area contributed by atoms with Crippen LogP contribution in [0.1, 0.15) is 43.7 Å². The zero-order chi connectivity index (χ0) is 26.0. The van der Waals surface area contributed by atoms with Crippen LogP contribution in [0.5, 0.6) is 5.75 Å². The number of hydrogen-bond donors (Lipinski definition) is 1. The molecule has 2 saturated heterocycles. The summed E-state index contributed by atoms with van der Waals surface area (Å²) in [6, 6.07) is 4.74. The van der Waals surface area contributed by atoms with Gasteiger partial charge < -0.3 is 24.4 Å². The van der Waals surface area contributed by atoms with E-state index in [0.717, 1.165) is 55.7 Å². The maximum atomic E-state index is 14.5. The molecule has 37 heavy (non-hydrogen) atoms. The minimum atomic E-state index is -0.823. The fourth-order valence-corrected chi connectivity index (χ4v) is 5.78. The molecule has 2 atom stereocenters. The van der Waals surface area contributed by atoms with Crippen molar-refractivity contribution in [3.05, 3.63) is 47.5 Å². The highest BCUT2D eigenvalue weighted by Gasteiger charge is 2.43. The van der Waals surface area contributed by atoms with Crippen molar-refractivity contribution in [2.45, 2.75) is 51.2 Å². The molecule has 1 aliphatic carbocycles. The molecule has 3 heterocycles. The Hall–Kier alpha value is -2.78. The Kier molecular flexibility index (Phi) is 7.62. The third kappa shape index (κ3) is 6.38. The number of methoxy groups -OCH3 is 1. The number of aliphatic hydroxyl groups is 1. The second kappa shape index (κ2) is 10.9. The fourth-order valence-electron chi connectivity index (χ4n) is 5.78. The first-order chi connectivity index (χ1) is 17.8. The van der Waals surface area contributed by atoms with Crippen molar-refractivity contribution in [3.8, 4) is 5.75 Å². The predicted octanol–water partition coefficient (Wildman–Crippen LogP) is 3.22. The number of hydrogen-bond acceptors (Lipinski definition) is 7. The van der Waals surface area contributed by atoms with Gasteiger partial charge in [-0.05, 0) is 62.0 Å². The van der Waals surface area contributed by atoms with E-state index in [2.05, 4.69) is 14.9 Å². The summed E-state index contributed by atoms with van der Waals surface area (Å²) in [6.07, 6.45) is 8.22. The number of aromatic nitrogens is 2. The monoisotopic (exact) mass is 512 g/mol. The van der Waals surface area contributed by atoms with E-state index in [4.69, 9.17) is 9.47 Å². The number of amides is 1. The highest BCUT2D eigenvalue weighted by molar-refractivity contribution is 5.80. The second-order valence-corrected chi connectivity index (χ2v) is 11.1. The average Bonchev–Trinajstić information content (AvgIpc) is 3.64. The Bertz CT molecular complexity index is 1080. The number of piperidine rings is 1. The minimum Gasteiger partial charge on any atom is -0.493 e. The van der Waals surface area contributed by atoms with E-state index in [-0.39, 0.29) is 12.3 Å². The molecule has 3 aliphatic rings. The van der Waals surface area contributed by atoms with Crippen LogP contribution in [-0.4, -0.2) is 71.4 Å². The van der Waals surface area contributed by atoms with Crippen LogP contribution in [-0.2, 0) is 22.6 Å². The molecule has 1 aromatic heterocycles. The van der Waals surface area contributed by atoms with Crippen molar-refractivity contribution in [1.29, 1.82) is 0 Å². The lowest BCUT2D eigenvalue weighted by atomic mass is 9.90. The van der Waals surface area contributed by atoms with Crippen LogP contribution in [0.4, 0.5) is 10.3 Å². The molecule has 5 rings (SSSR count). The maximum absolute atomic E-state index is 14.5. The summed E-state index contributed by atoms with van der Waals surface area (Å²) in [4.78, 5) is 25.1. The van der Waals surface area contributed by atoms with Crippen LogP contribution in [0.2, 0.25) is 0 Å². The number of carbonyl (C=O) groups excluding carboxylic acids is 1. The smallest absolute Gasteiger partial charge is 0.227 e. The van der Waals surface area contributed by atoms with E-state index in [9.17, 15) is 14.3 Å². The van der Waals surface area contributed by atoms with Crippen molar-refractivity contribution in [3.63, 3.8) is 0 Å². The number of halogens is 1. The van der Waals surface area contributed by atoms with Gasteiger partial charge in [0, 0.05) is 44.2 Å². The standard InChI is InChI=1S/C28H37FN4O4/c1-28(35)17-33(18-28)26(34)12-22-3-4-23(13-25(22)29)37-10-7-21-11-24(21)20-5-8-32(9-6-20)27-30-14-19(15-31-27)16-36-2/h3-4,13-15,20-21,24,35H,5-12,16-18H2,1-2H3/t21-,24-/m1/s1. The first kappa shape index (κ1) is 25.9. The van der Waals surface area contributed by atoms with E-state index in [1.807, 2.05) is 12.4 Å². The van der Waals surface area contributed by atoms with E-state index >= 15 is 0 Å². The van der Waals surface area contributed by atoms with Gasteiger partial charge in [0.05, 0.1) is 38.3 Å². The highest BCUT2D eigenvalue weighted by Crippen LogP contribution is 2.49. The fraction of sp³-hybridized carbons (Fsp3) is 0.607. The zero-order valence-electron chi connectivity index (χ0n) is 21.7. The van der Waals surface area contributed by atoms with Gasteiger partial charge in [-0.3, -0.25) is 4.79 Å². The normalized spacial score (nSPS) is 23.0. The van der Waals surface area contributed by atoms with Gasteiger partial charge in [0.1, 0.15) is 11.6 Å². The van der Waals surface area contributed by atoms with Crippen LogP contribution in [0.15, 0.2) is 30.6 Å². The predicted molar refractivity (Wildman–Crippen MR) is 137 cm³/mol. The Labute approximate surface area is 217 Å². The van der Waals surface area contributed by atoms with Crippen LogP contribution >= 0.6 is 0 Å². The van der Waals surface area contributed by atoms with Crippen LogP contribution in [0.25, 0.3) is 0 Å². The molecular weight excluding hydrogens is 475 g/mol. The molecular formula is C28H37FN4O4. The Balaban J connectivity index is 1.01. The number of carbonyl (C=O) groups is 1. The average molecular weight is 513 g/mol. The minimum absolute atomic E-state index is 0.00395. The van der Waals surface area contributed by atoms with Gasteiger partial charge in [-0.2, -0.15) is 0 Å². The van der Waals surface area contributed by atoms with Gasteiger partial charge in [0.25, 0.3) is 0 Å². The van der Waals surface area contributed by atoms with Crippen molar-refractivity contribution in [2.75, 3.05) is 44.8 Å². The largest absolute Gasteiger partial charge is 0.493 e. The summed E-state index contributed by atoms with van der Waals surface area (Å²) >= 11 is 0. The lowest BCUT2D eigenvalue weighted by molar-refractivity contribution is -0.151. The van der Waals surface area contributed by atoms with Gasteiger partial charge in [0.2, 0.25) is 11.9 Å². The number of nitrogens with zero attached hydrogens (tertiary/aromatic N) is 4. The quantitative estimate of drug-likeness (QED) is 0.523. The summed E-state index contributed by atoms with van der Waals surface area (Å²) in [5.74, 6) is 2.87. The number of ether oxygens (including phenoxy) is 2. The third-order valence-corrected chi connectivity index (χ3v) is 7.95. The van der Waals surface area contributed by atoms with Gasteiger partial charge in [-0.25, -0.2) is 14.4 Å². The molecule has 9 heteroatoms. The van der Waals surface area contributed by atoms with Crippen molar-refractivity contribution in [1.82, 2.24) is 14.9 Å². The maximum Gasteiger partial charge on any atom is 0.227 e. The van der Waals surface area contributed by atoms with Gasteiger partial charge in [-0.15, -0.1) is 0 Å². The Morgan fingerprint density at radius 2 is 1.95 bits per heavy atom. The first-order valence-corrected chi connectivity index (χ1v) is 13.3. The van der Waals surface area contributed by atoms with Gasteiger partial charge >= 0.3 is 0 Å². The third-order valence-electron chi connectivity index (χ3n) is 7.95. The lowest BCUT2D eigenvalue weighted by Crippen LogP contribution is -2.62. The molecule has 0 bridgehead atoms. The van der Waals surface area contributed by atoms with Crippen molar-refractivity contribution in [2.24, 2.45) is 17.8 Å². The van der Waals surface area contributed by atoms with Crippen LogP contribution < -0.4 is 9.64 Å². The van der Waals surface area contributed by atoms with Crippen LogP contribution in [0, 0.1) is 23.6 Å². The summed E-state index contributed by atoms with van der Waals surface area (Å²) in [5.41, 5.74) is 0.514.